The molecule has 0 aromatic heterocycles. The van der Waals surface area contributed by atoms with E-state index in [9.17, 15) is 4.79 Å². The molecule has 0 heterocycles. The lowest BCUT2D eigenvalue weighted by Crippen LogP contribution is -2.21. The monoisotopic (exact) mass is 242 g/mol. The van der Waals surface area contributed by atoms with Gasteiger partial charge in [-0.1, -0.05) is 53.4 Å². The summed E-state index contributed by atoms with van der Waals surface area (Å²) in [4.78, 5) is 11.9. The highest BCUT2D eigenvalue weighted by Gasteiger charge is 2.19. The maximum Gasteiger partial charge on any atom is 0.308 e. The molecular weight excluding hydrogens is 212 g/mol. The van der Waals surface area contributed by atoms with Crippen LogP contribution in [0.3, 0.4) is 0 Å². The zero-order chi connectivity index (χ0) is 13.1. The molecule has 0 rings (SSSR count). The van der Waals surface area contributed by atoms with Gasteiger partial charge in [-0.05, 0) is 25.2 Å². The van der Waals surface area contributed by atoms with Gasteiger partial charge in [0.25, 0.3) is 0 Å². The molecule has 0 bridgehead atoms. The Labute approximate surface area is 107 Å². The molecule has 0 saturated carbocycles. The van der Waals surface area contributed by atoms with Gasteiger partial charge in [0.2, 0.25) is 0 Å². The first kappa shape index (κ1) is 16.5. The van der Waals surface area contributed by atoms with Crippen LogP contribution < -0.4 is 0 Å². The van der Waals surface area contributed by atoms with Crippen LogP contribution >= 0.6 is 0 Å². The molecule has 102 valence electrons. The molecule has 2 nitrogen and oxygen atoms in total. The molecule has 0 N–H and O–H groups in total. The minimum atomic E-state index is 0.0308. The smallest absolute Gasteiger partial charge is 0.308 e. The van der Waals surface area contributed by atoms with E-state index in [0.717, 1.165) is 38.5 Å². The zero-order valence-electron chi connectivity index (χ0n) is 12.1. The van der Waals surface area contributed by atoms with Crippen molar-refractivity contribution in [2.24, 2.45) is 11.8 Å². The molecule has 0 aromatic rings. The Morgan fingerprint density at radius 2 is 1.47 bits per heavy atom. The number of carbonyl (C=O) groups excluding carboxylic acids is 1. The molecule has 1 unspecified atom stereocenters. The van der Waals surface area contributed by atoms with Crippen LogP contribution in [0.15, 0.2) is 0 Å². The van der Waals surface area contributed by atoms with Crippen molar-refractivity contribution in [3.63, 3.8) is 0 Å². The number of hydrogen-bond acceptors (Lipinski definition) is 2. The SMILES string of the molecule is CCCC(CC)COC(=O)C(CCC)CCC. The lowest BCUT2D eigenvalue weighted by molar-refractivity contribution is -0.150. The Bertz CT molecular complexity index is 183. The highest BCUT2D eigenvalue weighted by Crippen LogP contribution is 2.17. The van der Waals surface area contributed by atoms with Crippen LogP contribution in [0.5, 0.6) is 0 Å². The summed E-state index contributed by atoms with van der Waals surface area (Å²) in [5, 5.41) is 0. The number of carbonyl (C=O) groups is 1. The molecule has 0 amide bonds. The van der Waals surface area contributed by atoms with Crippen molar-refractivity contribution in [1.82, 2.24) is 0 Å². The van der Waals surface area contributed by atoms with Gasteiger partial charge in [0.05, 0.1) is 12.5 Å². The van der Waals surface area contributed by atoms with Crippen LogP contribution in [-0.4, -0.2) is 12.6 Å². The lowest BCUT2D eigenvalue weighted by Gasteiger charge is -2.18. The molecule has 0 aliphatic heterocycles. The fourth-order valence-electron chi connectivity index (χ4n) is 2.21. The van der Waals surface area contributed by atoms with Gasteiger partial charge < -0.3 is 4.74 Å². The summed E-state index contributed by atoms with van der Waals surface area (Å²) in [6.07, 6.45) is 7.50. The third-order valence-corrected chi connectivity index (χ3v) is 3.34. The van der Waals surface area contributed by atoms with Gasteiger partial charge in [0.15, 0.2) is 0 Å². The molecule has 0 saturated heterocycles. The number of rotatable bonds is 10. The van der Waals surface area contributed by atoms with Gasteiger partial charge >= 0.3 is 5.97 Å². The number of esters is 1. The van der Waals surface area contributed by atoms with Crippen LogP contribution in [0.25, 0.3) is 0 Å². The van der Waals surface area contributed by atoms with Gasteiger partial charge in [0.1, 0.15) is 0 Å². The first-order valence-electron chi connectivity index (χ1n) is 7.36. The van der Waals surface area contributed by atoms with Gasteiger partial charge in [-0.2, -0.15) is 0 Å². The predicted molar refractivity (Wildman–Crippen MR) is 73.0 cm³/mol. The second-order valence-electron chi connectivity index (χ2n) is 4.97. The highest BCUT2D eigenvalue weighted by atomic mass is 16.5. The second kappa shape index (κ2) is 10.6. The van der Waals surface area contributed by atoms with E-state index in [1.54, 1.807) is 0 Å². The van der Waals surface area contributed by atoms with Crippen molar-refractivity contribution in [1.29, 1.82) is 0 Å². The van der Waals surface area contributed by atoms with Crippen molar-refractivity contribution < 1.29 is 9.53 Å². The standard InChI is InChI=1S/C15H30O2/c1-5-9-13(8-4)12-17-15(16)14(10-6-2)11-7-3/h13-14H,5-12H2,1-4H3. The molecule has 0 aliphatic carbocycles. The van der Waals surface area contributed by atoms with Crippen LogP contribution in [0, 0.1) is 11.8 Å². The van der Waals surface area contributed by atoms with Gasteiger partial charge in [-0.15, -0.1) is 0 Å². The average Bonchev–Trinajstić information content (AvgIpc) is 2.33. The lowest BCUT2D eigenvalue weighted by atomic mass is 9.98. The second-order valence-corrected chi connectivity index (χ2v) is 4.97. The van der Waals surface area contributed by atoms with Crippen molar-refractivity contribution in [2.75, 3.05) is 6.61 Å². The van der Waals surface area contributed by atoms with Crippen LogP contribution in [-0.2, 0) is 9.53 Å². The van der Waals surface area contributed by atoms with Crippen LogP contribution in [0.1, 0.15) is 72.6 Å². The Hall–Kier alpha value is -0.530. The first-order chi connectivity index (χ1) is 8.19. The summed E-state index contributed by atoms with van der Waals surface area (Å²) in [6, 6.07) is 0. The summed E-state index contributed by atoms with van der Waals surface area (Å²) >= 11 is 0. The molecule has 0 radical (unpaired) electrons. The van der Waals surface area contributed by atoms with E-state index in [1.165, 1.54) is 6.42 Å². The molecule has 0 spiro atoms. The summed E-state index contributed by atoms with van der Waals surface area (Å²) in [6.45, 7) is 9.22. The Kier molecular flexibility index (Phi) is 10.3. The molecule has 0 aromatic carbocycles. The molecule has 17 heavy (non-hydrogen) atoms. The quantitative estimate of drug-likeness (QED) is 0.524. The first-order valence-corrected chi connectivity index (χ1v) is 7.36. The van der Waals surface area contributed by atoms with Gasteiger partial charge in [-0.25, -0.2) is 0 Å². The third-order valence-electron chi connectivity index (χ3n) is 3.34. The van der Waals surface area contributed by atoms with E-state index in [4.69, 9.17) is 4.74 Å². The largest absolute Gasteiger partial charge is 0.465 e. The Morgan fingerprint density at radius 3 is 1.88 bits per heavy atom. The maximum atomic E-state index is 11.9. The number of ether oxygens (including phenoxy) is 1. The molecule has 0 fully saturated rings. The summed E-state index contributed by atoms with van der Waals surface area (Å²) in [7, 11) is 0. The van der Waals surface area contributed by atoms with Crippen LogP contribution in [0.2, 0.25) is 0 Å². The third kappa shape index (κ3) is 7.40. The van der Waals surface area contributed by atoms with Crippen molar-refractivity contribution >= 4 is 5.97 Å². The van der Waals surface area contributed by atoms with E-state index >= 15 is 0 Å². The minimum absolute atomic E-state index is 0.0308. The van der Waals surface area contributed by atoms with Crippen molar-refractivity contribution in [2.45, 2.75) is 72.6 Å². The fraction of sp³-hybridized carbons (Fsp3) is 0.933. The van der Waals surface area contributed by atoms with E-state index in [1.807, 2.05) is 0 Å². The molecule has 2 heteroatoms. The predicted octanol–water partition coefficient (Wildman–Crippen LogP) is 4.57. The normalized spacial score (nSPS) is 12.8. The molecule has 1 atom stereocenters. The molecule has 0 aliphatic rings. The van der Waals surface area contributed by atoms with E-state index in [0.29, 0.717) is 12.5 Å². The van der Waals surface area contributed by atoms with E-state index in [-0.39, 0.29) is 11.9 Å². The maximum absolute atomic E-state index is 11.9. The average molecular weight is 242 g/mol. The van der Waals surface area contributed by atoms with Crippen molar-refractivity contribution in [3.8, 4) is 0 Å². The van der Waals surface area contributed by atoms with Gasteiger partial charge in [0, 0.05) is 0 Å². The Balaban J connectivity index is 4.02. The summed E-state index contributed by atoms with van der Waals surface area (Å²) < 4.78 is 5.48. The fourth-order valence-corrected chi connectivity index (χ4v) is 2.21. The Morgan fingerprint density at radius 1 is 0.941 bits per heavy atom. The van der Waals surface area contributed by atoms with Crippen molar-refractivity contribution in [3.05, 3.63) is 0 Å². The summed E-state index contributed by atoms with van der Waals surface area (Å²) in [5.41, 5.74) is 0. The van der Waals surface area contributed by atoms with E-state index < -0.39 is 0 Å². The minimum Gasteiger partial charge on any atom is -0.465 e. The topological polar surface area (TPSA) is 26.3 Å². The zero-order valence-corrected chi connectivity index (χ0v) is 12.1. The van der Waals surface area contributed by atoms with E-state index in [2.05, 4.69) is 27.7 Å². The summed E-state index contributed by atoms with van der Waals surface area (Å²) in [5.74, 6) is 0.709. The van der Waals surface area contributed by atoms with Crippen LogP contribution in [0.4, 0.5) is 0 Å². The molecular formula is C15H30O2. The van der Waals surface area contributed by atoms with Gasteiger partial charge in [-0.3, -0.25) is 4.79 Å². The highest BCUT2D eigenvalue weighted by molar-refractivity contribution is 5.72. The number of hydrogen-bond donors (Lipinski definition) is 0.